The van der Waals surface area contributed by atoms with Gasteiger partial charge in [0.25, 0.3) is 0 Å². The maximum absolute atomic E-state index is 5.83. The maximum atomic E-state index is 5.83. The number of nitrogens with zero attached hydrogens (tertiary/aromatic N) is 1. The molecular formula is C17H22N2O. The minimum Gasteiger partial charge on any atom is -0.464 e. The number of benzene rings is 1. The van der Waals surface area contributed by atoms with Crippen LogP contribution >= 0.6 is 0 Å². The van der Waals surface area contributed by atoms with Crippen LogP contribution in [0.25, 0.3) is 0 Å². The Morgan fingerprint density at radius 3 is 2.85 bits per heavy atom. The molecule has 3 heteroatoms. The summed E-state index contributed by atoms with van der Waals surface area (Å²) in [6.07, 6.45) is 2.39. The Labute approximate surface area is 120 Å². The van der Waals surface area contributed by atoms with Gasteiger partial charge in [-0.3, -0.25) is 0 Å². The van der Waals surface area contributed by atoms with Crippen LogP contribution < -0.4 is 10.6 Å². The molecule has 0 fully saturated rings. The number of anilines is 1. The normalized spacial score (nSPS) is 14.4. The van der Waals surface area contributed by atoms with Crippen molar-refractivity contribution >= 4 is 5.69 Å². The van der Waals surface area contributed by atoms with Crippen molar-refractivity contribution in [3.05, 3.63) is 52.5 Å². The molecule has 3 nitrogen and oxygen atoms in total. The molecule has 0 saturated carbocycles. The summed E-state index contributed by atoms with van der Waals surface area (Å²) in [5, 5.41) is 0. The van der Waals surface area contributed by atoms with Crippen LogP contribution in [-0.4, -0.2) is 6.54 Å². The molecule has 1 aromatic carbocycles. The Balaban J connectivity index is 1.85. The van der Waals surface area contributed by atoms with Gasteiger partial charge in [0.05, 0.1) is 6.54 Å². The Hall–Kier alpha value is -1.74. The molecule has 106 valence electrons. The fourth-order valence-corrected chi connectivity index (χ4v) is 3.02. The van der Waals surface area contributed by atoms with E-state index in [2.05, 4.69) is 36.1 Å². The predicted octanol–water partition coefficient (Wildman–Crippen LogP) is 3.31. The van der Waals surface area contributed by atoms with Crippen LogP contribution in [0.4, 0.5) is 5.69 Å². The smallest absolute Gasteiger partial charge is 0.123 e. The molecule has 0 amide bonds. The fraction of sp³-hybridized carbons (Fsp3) is 0.412. The molecule has 3 rings (SSSR count). The van der Waals surface area contributed by atoms with E-state index < -0.39 is 0 Å². The van der Waals surface area contributed by atoms with E-state index >= 15 is 0 Å². The van der Waals surface area contributed by atoms with Crippen molar-refractivity contribution in [3.63, 3.8) is 0 Å². The summed E-state index contributed by atoms with van der Waals surface area (Å²) in [5.41, 5.74) is 11.0. The minimum absolute atomic E-state index is 0.547. The molecule has 0 atom stereocenters. The third-order valence-corrected chi connectivity index (χ3v) is 4.09. The zero-order valence-corrected chi connectivity index (χ0v) is 12.3. The van der Waals surface area contributed by atoms with Gasteiger partial charge in [0, 0.05) is 24.3 Å². The number of furan rings is 1. The molecule has 2 N–H and O–H groups in total. The SMILES string of the molecule is Cc1ccc2c(c1)CCCN2Cc1cc(CN)c(C)o1. The maximum Gasteiger partial charge on any atom is 0.123 e. The second-order valence-electron chi connectivity index (χ2n) is 5.66. The van der Waals surface area contributed by atoms with Gasteiger partial charge in [0.1, 0.15) is 11.5 Å². The fourth-order valence-electron chi connectivity index (χ4n) is 3.02. The lowest BCUT2D eigenvalue weighted by molar-refractivity contribution is 0.472. The van der Waals surface area contributed by atoms with Crippen LogP contribution in [-0.2, 0) is 19.5 Å². The van der Waals surface area contributed by atoms with Crippen LogP contribution in [0.2, 0.25) is 0 Å². The third-order valence-electron chi connectivity index (χ3n) is 4.09. The number of fused-ring (bicyclic) bond motifs is 1. The van der Waals surface area contributed by atoms with E-state index in [4.69, 9.17) is 10.2 Å². The van der Waals surface area contributed by atoms with Crippen LogP contribution in [0.1, 0.15) is 34.6 Å². The standard InChI is InChI=1S/C17H22N2O/c1-12-5-6-17-14(8-12)4-3-7-19(17)11-16-9-15(10-18)13(2)20-16/h5-6,8-9H,3-4,7,10-11,18H2,1-2H3. The zero-order valence-electron chi connectivity index (χ0n) is 12.3. The topological polar surface area (TPSA) is 42.4 Å². The highest BCUT2D eigenvalue weighted by Crippen LogP contribution is 2.29. The molecular weight excluding hydrogens is 248 g/mol. The molecule has 2 aromatic rings. The van der Waals surface area contributed by atoms with Gasteiger partial charge in [-0.1, -0.05) is 17.7 Å². The van der Waals surface area contributed by atoms with E-state index in [0.717, 1.165) is 30.2 Å². The molecule has 0 spiro atoms. The van der Waals surface area contributed by atoms with Gasteiger partial charge >= 0.3 is 0 Å². The summed E-state index contributed by atoms with van der Waals surface area (Å²) in [6.45, 7) is 6.61. The molecule has 0 unspecified atom stereocenters. The second-order valence-corrected chi connectivity index (χ2v) is 5.66. The highest BCUT2D eigenvalue weighted by molar-refractivity contribution is 5.56. The van der Waals surface area contributed by atoms with Gasteiger partial charge in [0.2, 0.25) is 0 Å². The average Bonchev–Trinajstić information content (AvgIpc) is 2.78. The van der Waals surface area contributed by atoms with E-state index in [9.17, 15) is 0 Å². The van der Waals surface area contributed by atoms with Crippen molar-refractivity contribution in [1.82, 2.24) is 0 Å². The lowest BCUT2D eigenvalue weighted by Crippen LogP contribution is -2.28. The van der Waals surface area contributed by atoms with Crippen LogP contribution in [0.5, 0.6) is 0 Å². The largest absolute Gasteiger partial charge is 0.464 e. The Morgan fingerprint density at radius 1 is 1.25 bits per heavy atom. The monoisotopic (exact) mass is 270 g/mol. The van der Waals surface area contributed by atoms with E-state index in [1.807, 2.05) is 6.92 Å². The van der Waals surface area contributed by atoms with E-state index in [1.165, 1.54) is 29.7 Å². The first-order valence-electron chi connectivity index (χ1n) is 7.30. The summed E-state index contributed by atoms with van der Waals surface area (Å²) in [6, 6.07) is 8.83. The third kappa shape index (κ3) is 2.46. The molecule has 2 heterocycles. The number of aryl methyl sites for hydroxylation is 3. The molecule has 0 saturated heterocycles. The van der Waals surface area contributed by atoms with Crippen molar-refractivity contribution in [2.75, 3.05) is 11.4 Å². The molecule has 0 bridgehead atoms. The van der Waals surface area contributed by atoms with Crippen molar-refractivity contribution in [2.45, 2.75) is 39.8 Å². The highest BCUT2D eigenvalue weighted by Gasteiger charge is 2.18. The van der Waals surface area contributed by atoms with Gasteiger partial charge in [-0.15, -0.1) is 0 Å². The van der Waals surface area contributed by atoms with Gasteiger partial charge < -0.3 is 15.1 Å². The van der Waals surface area contributed by atoms with Crippen molar-refractivity contribution in [3.8, 4) is 0 Å². The lowest BCUT2D eigenvalue weighted by Gasteiger charge is -2.30. The summed E-state index contributed by atoms with van der Waals surface area (Å²) in [7, 11) is 0. The van der Waals surface area contributed by atoms with E-state index in [1.54, 1.807) is 0 Å². The van der Waals surface area contributed by atoms with Crippen LogP contribution in [0, 0.1) is 13.8 Å². The van der Waals surface area contributed by atoms with Gasteiger partial charge in [-0.2, -0.15) is 0 Å². The second kappa shape index (κ2) is 5.33. The molecule has 1 aromatic heterocycles. The molecule has 20 heavy (non-hydrogen) atoms. The first-order chi connectivity index (χ1) is 9.67. The predicted molar refractivity (Wildman–Crippen MR) is 81.9 cm³/mol. The van der Waals surface area contributed by atoms with Gasteiger partial charge in [-0.05, 0) is 44.4 Å². The van der Waals surface area contributed by atoms with Crippen LogP contribution in [0.3, 0.4) is 0 Å². The van der Waals surface area contributed by atoms with Gasteiger partial charge in [-0.25, -0.2) is 0 Å². The number of hydrogen-bond donors (Lipinski definition) is 1. The first kappa shape index (κ1) is 13.3. The Bertz CT molecular complexity index is 615. The van der Waals surface area contributed by atoms with Crippen molar-refractivity contribution in [2.24, 2.45) is 5.73 Å². The van der Waals surface area contributed by atoms with Crippen molar-refractivity contribution < 1.29 is 4.42 Å². The van der Waals surface area contributed by atoms with Gasteiger partial charge in [0.15, 0.2) is 0 Å². The summed E-state index contributed by atoms with van der Waals surface area (Å²) in [5.74, 6) is 1.96. The molecule has 1 aliphatic heterocycles. The van der Waals surface area contributed by atoms with Crippen molar-refractivity contribution in [1.29, 1.82) is 0 Å². The summed E-state index contributed by atoms with van der Waals surface area (Å²) >= 11 is 0. The van der Waals surface area contributed by atoms with Crippen LogP contribution in [0.15, 0.2) is 28.7 Å². The Morgan fingerprint density at radius 2 is 2.10 bits per heavy atom. The van der Waals surface area contributed by atoms with E-state index in [-0.39, 0.29) is 0 Å². The quantitative estimate of drug-likeness (QED) is 0.930. The first-order valence-corrected chi connectivity index (χ1v) is 7.30. The lowest BCUT2D eigenvalue weighted by atomic mass is 9.99. The summed E-state index contributed by atoms with van der Waals surface area (Å²) in [4.78, 5) is 2.41. The zero-order chi connectivity index (χ0) is 14.1. The molecule has 0 aliphatic carbocycles. The Kier molecular flexibility index (Phi) is 3.53. The van der Waals surface area contributed by atoms with E-state index in [0.29, 0.717) is 6.54 Å². The average molecular weight is 270 g/mol. The summed E-state index contributed by atoms with van der Waals surface area (Å²) < 4.78 is 5.83. The minimum atomic E-state index is 0.547. The number of nitrogens with two attached hydrogens (primary N) is 1. The number of hydrogen-bond acceptors (Lipinski definition) is 3. The molecule has 0 radical (unpaired) electrons. The highest BCUT2D eigenvalue weighted by atomic mass is 16.3. The molecule has 1 aliphatic rings. The number of rotatable bonds is 3.